The predicted molar refractivity (Wildman–Crippen MR) is 97.8 cm³/mol. The SMILES string of the molecule is CCOC(=O)c1nn(-c2ccccc2)c(=O)cc1OS(=O)(=O)c1cccnc1. The molecule has 1 aromatic carbocycles. The van der Waals surface area contributed by atoms with Gasteiger partial charge in [0, 0.05) is 12.4 Å². The number of benzene rings is 1. The van der Waals surface area contributed by atoms with Crippen molar-refractivity contribution in [3.63, 3.8) is 0 Å². The zero-order valence-electron chi connectivity index (χ0n) is 14.7. The maximum atomic E-state index is 12.5. The molecule has 0 aliphatic heterocycles. The van der Waals surface area contributed by atoms with Gasteiger partial charge < -0.3 is 8.92 Å². The van der Waals surface area contributed by atoms with Gasteiger partial charge in [0.25, 0.3) is 5.56 Å². The highest BCUT2D eigenvalue weighted by Gasteiger charge is 2.25. The maximum absolute atomic E-state index is 12.5. The first kappa shape index (κ1) is 19.2. The first-order valence-electron chi connectivity index (χ1n) is 8.14. The molecule has 144 valence electrons. The van der Waals surface area contributed by atoms with Crippen LogP contribution >= 0.6 is 0 Å². The van der Waals surface area contributed by atoms with Gasteiger partial charge in [-0.2, -0.15) is 18.2 Å². The van der Waals surface area contributed by atoms with Crippen LogP contribution < -0.4 is 9.74 Å². The maximum Gasteiger partial charge on any atom is 0.362 e. The van der Waals surface area contributed by atoms with Crippen LogP contribution in [0.25, 0.3) is 5.69 Å². The Kier molecular flexibility index (Phi) is 5.50. The second-order valence-electron chi connectivity index (χ2n) is 5.39. The Hall–Kier alpha value is -3.53. The summed E-state index contributed by atoms with van der Waals surface area (Å²) in [5.41, 5.74) is -0.742. The van der Waals surface area contributed by atoms with E-state index in [1.807, 2.05) is 0 Å². The Labute approximate surface area is 160 Å². The van der Waals surface area contributed by atoms with Crippen molar-refractivity contribution in [2.45, 2.75) is 11.8 Å². The molecule has 0 bridgehead atoms. The number of hydrogen-bond donors (Lipinski definition) is 0. The molecular formula is C18H15N3O6S. The van der Waals surface area contributed by atoms with E-state index in [0.29, 0.717) is 5.69 Å². The van der Waals surface area contributed by atoms with Crippen LogP contribution in [-0.4, -0.2) is 35.8 Å². The minimum Gasteiger partial charge on any atom is -0.461 e. The predicted octanol–water partition coefficient (Wildman–Crippen LogP) is 1.57. The van der Waals surface area contributed by atoms with E-state index >= 15 is 0 Å². The first-order valence-corrected chi connectivity index (χ1v) is 9.54. The van der Waals surface area contributed by atoms with Crippen LogP contribution in [0.3, 0.4) is 0 Å². The van der Waals surface area contributed by atoms with Crippen molar-refractivity contribution in [1.29, 1.82) is 0 Å². The highest BCUT2D eigenvalue weighted by Crippen LogP contribution is 2.21. The molecule has 0 radical (unpaired) electrons. The lowest BCUT2D eigenvalue weighted by molar-refractivity contribution is 0.0515. The van der Waals surface area contributed by atoms with E-state index in [0.717, 1.165) is 16.9 Å². The highest BCUT2D eigenvalue weighted by molar-refractivity contribution is 7.87. The molecule has 28 heavy (non-hydrogen) atoms. The molecule has 0 saturated heterocycles. The van der Waals surface area contributed by atoms with Gasteiger partial charge in [0.1, 0.15) is 4.90 Å². The van der Waals surface area contributed by atoms with E-state index < -0.39 is 33.1 Å². The zero-order valence-corrected chi connectivity index (χ0v) is 15.5. The van der Waals surface area contributed by atoms with Crippen LogP contribution in [-0.2, 0) is 14.9 Å². The third-order valence-electron chi connectivity index (χ3n) is 3.49. The lowest BCUT2D eigenvalue weighted by atomic mass is 10.3. The molecule has 0 spiro atoms. The molecule has 3 aromatic rings. The first-order chi connectivity index (χ1) is 13.4. The van der Waals surface area contributed by atoms with E-state index in [2.05, 4.69) is 10.1 Å². The van der Waals surface area contributed by atoms with Crippen LogP contribution in [0.2, 0.25) is 0 Å². The summed E-state index contributed by atoms with van der Waals surface area (Å²) in [5, 5.41) is 3.96. The van der Waals surface area contributed by atoms with Crippen LogP contribution in [0.4, 0.5) is 0 Å². The number of carbonyl (C=O) groups excluding carboxylic acids is 1. The van der Waals surface area contributed by atoms with Crippen molar-refractivity contribution in [3.8, 4) is 11.4 Å². The molecule has 0 N–H and O–H groups in total. The summed E-state index contributed by atoms with van der Waals surface area (Å²) in [4.78, 5) is 28.2. The molecule has 0 aliphatic carbocycles. The summed E-state index contributed by atoms with van der Waals surface area (Å²) in [6.07, 6.45) is 2.48. The summed E-state index contributed by atoms with van der Waals surface area (Å²) in [6, 6.07) is 11.9. The highest BCUT2D eigenvalue weighted by atomic mass is 32.2. The number of ether oxygens (including phenoxy) is 1. The van der Waals surface area contributed by atoms with E-state index in [1.54, 1.807) is 37.3 Å². The van der Waals surface area contributed by atoms with E-state index in [4.69, 9.17) is 8.92 Å². The molecule has 0 saturated carbocycles. The molecule has 3 rings (SSSR count). The Bertz CT molecular complexity index is 1140. The van der Waals surface area contributed by atoms with Gasteiger partial charge in [0.15, 0.2) is 5.75 Å². The fourth-order valence-electron chi connectivity index (χ4n) is 2.26. The molecular weight excluding hydrogens is 386 g/mol. The van der Waals surface area contributed by atoms with E-state index in [-0.39, 0.29) is 11.5 Å². The number of aromatic nitrogens is 3. The summed E-state index contributed by atoms with van der Waals surface area (Å²) in [5.74, 6) is -1.46. The van der Waals surface area contributed by atoms with Crippen molar-refractivity contribution in [2.75, 3.05) is 6.61 Å². The molecule has 2 heterocycles. The molecule has 0 fully saturated rings. The molecule has 10 heteroatoms. The number of rotatable bonds is 6. The molecule has 0 amide bonds. The van der Waals surface area contributed by atoms with Gasteiger partial charge in [-0.05, 0) is 31.2 Å². The number of para-hydroxylation sites is 1. The minimum absolute atomic E-state index is 0.0276. The number of nitrogens with zero attached hydrogens (tertiary/aromatic N) is 3. The standard InChI is InChI=1S/C18H15N3O6S/c1-2-26-18(23)17-15(27-28(24,25)14-9-6-10-19-12-14)11-16(22)21(20-17)13-7-4-3-5-8-13/h3-12H,2H2,1H3. The monoisotopic (exact) mass is 401 g/mol. The van der Waals surface area contributed by atoms with Gasteiger partial charge in [0.2, 0.25) is 5.69 Å². The van der Waals surface area contributed by atoms with Gasteiger partial charge in [-0.25, -0.2) is 4.79 Å². The zero-order chi connectivity index (χ0) is 20.1. The molecule has 0 atom stereocenters. The van der Waals surface area contributed by atoms with E-state index in [1.165, 1.54) is 18.3 Å². The fourth-order valence-corrected chi connectivity index (χ4v) is 3.15. The van der Waals surface area contributed by atoms with Crippen molar-refractivity contribution >= 4 is 16.1 Å². The Morgan fingerprint density at radius 2 is 1.89 bits per heavy atom. The third-order valence-corrected chi connectivity index (χ3v) is 4.71. The summed E-state index contributed by atoms with van der Waals surface area (Å²) < 4.78 is 35.8. The second-order valence-corrected chi connectivity index (χ2v) is 6.94. The third kappa shape index (κ3) is 4.07. The minimum atomic E-state index is -4.34. The fraction of sp³-hybridized carbons (Fsp3) is 0.111. The lowest BCUT2D eigenvalue weighted by Crippen LogP contribution is -2.26. The number of esters is 1. The molecule has 0 unspecified atom stereocenters. The van der Waals surface area contributed by atoms with Gasteiger partial charge >= 0.3 is 16.1 Å². The lowest BCUT2D eigenvalue weighted by Gasteiger charge is -2.12. The van der Waals surface area contributed by atoms with Crippen molar-refractivity contribution < 1.29 is 22.1 Å². The number of hydrogen-bond acceptors (Lipinski definition) is 8. The smallest absolute Gasteiger partial charge is 0.362 e. The quantitative estimate of drug-likeness (QED) is 0.451. The van der Waals surface area contributed by atoms with Crippen LogP contribution in [0.1, 0.15) is 17.4 Å². The van der Waals surface area contributed by atoms with Crippen molar-refractivity contribution in [3.05, 3.63) is 77.0 Å². The van der Waals surface area contributed by atoms with Gasteiger partial charge in [-0.15, -0.1) is 0 Å². The molecule has 0 aliphatic rings. The molecule has 2 aromatic heterocycles. The summed E-state index contributed by atoms with van der Waals surface area (Å²) >= 11 is 0. The number of carbonyl (C=O) groups is 1. The van der Waals surface area contributed by atoms with Crippen LogP contribution in [0, 0.1) is 0 Å². The topological polar surface area (TPSA) is 117 Å². The van der Waals surface area contributed by atoms with Gasteiger partial charge in [0.05, 0.1) is 18.4 Å². The van der Waals surface area contributed by atoms with Crippen LogP contribution in [0.15, 0.2) is 70.6 Å². The van der Waals surface area contributed by atoms with Crippen molar-refractivity contribution in [2.24, 2.45) is 0 Å². The van der Waals surface area contributed by atoms with Gasteiger partial charge in [-0.1, -0.05) is 18.2 Å². The average molecular weight is 401 g/mol. The van der Waals surface area contributed by atoms with Crippen LogP contribution in [0.5, 0.6) is 5.75 Å². The largest absolute Gasteiger partial charge is 0.461 e. The summed E-state index contributed by atoms with van der Waals surface area (Å²) in [6.45, 7) is 1.61. The summed E-state index contributed by atoms with van der Waals surface area (Å²) in [7, 11) is -4.34. The second kappa shape index (κ2) is 8.01. The Morgan fingerprint density at radius 1 is 1.14 bits per heavy atom. The van der Waals surface area contributed by atoms with E-state index in [9.17, 15) is 18.0 Å². The molecule has 9 nitrogen and oxygen atoms in total. The Balaban J connectivity index is 2.11. The van der Waals surface area contributed by atoms with Gasteiger partial charge in [-0.3, -0.25) is 9.78 Å². The average Bonchev–Trinajstić information content (AvgIpc) is 2.69. The number of pyridine rings is 1. The normalized spacial score (nSPS) is 11.0. The van der Waals surface area contributed by atoms with Crippen molar-refractivity contribution in [1.82, 2.24) is 14.8 Å². The Morgan fingerprint density at radius 3 is 2.54 bits per heavy atom.